The first-order chi connectivity index (χ1) is 8.43. The van der Waals surface area contributed by atoms with Crippen LogP contribution in [0.5, 0.6) is 0 Å². The molecule has 1 aromatic rings. The number of aryl methyl sites for hydroxylation is 1. The summed E-state index contributed by atoms with van der Waals surface area (Å²) in [6, 6.07) is 5.04. The van der Waals surface area contributed by atoms with Gasteiger partial charge in [-0.15, -0.1) is 0 Å². The van der Waals surface area contributed by atoms with Gasteiger partial charge in [0.1, 0.15) is 0 Å². The fourth-order valence-corrected chi connectivity index (χ4v) is 1.90. The van der Waals surface area contributed by atoms with E-state index in [1.54, 1.807) is 12.1 Å². The molecule has 0 aromatic heterocycles. The third-order valence-corrected chi connectivity index (χ3v) is 2.82. The number of carbonyl (C=O) groups is 1. The van der Waals surface area contributed by atoms with Crippen LogP contribution >= 0.6 is 0 Å². The third kappa shape index (κ3) is 4.04. The summed E-state index contributed by atoms with van der Waals surface area (Å²) >= 11 is 0. The smallest absolute Gasteiger partial charge is 0.251 e. The lowest BCUT2D eigenvalue weighted by molar-refractivity contribution is 0.0908. The average Bonchev–Trinajstić information content (AvgIpc) is 2.30. The van der Waals surface area contributed by atoms with Crippen LogP contribution in [-0.4, -0.2) is 23.7 Å². The number of aliphatic hydroxyl groups excluding tert-OH is 1. The van der Waals surface area contributed by atoms with Gasteiger partial charge in [0.15, 0.2) is 0 Å². The van der Waals surface area contributed by atoms with E-state index in [4.69, 9.17) is 5.73 Å². The molecule has 4 heteroatoms. The number of nitrogens with one attached hydrogen (secondary N) is 1. The van der Waals surface area contributed by atoms with Gasteiger partial charge in [0, 0.05) is 11.3 Å². The number of anilines is 1. The molecule has 0 saturated carbocycles. The topological polar surface area (TPSA) is 75.4 Å². The van der Waals surface area contributed by atoms with Crippen LogP contribution in [0.4, 0.5) is 5.69 Å². The predicted molar refractivity (Wildman–Crippen MR) is 73.4 cm³/mol. The maximum atomic E-state index is 12.1. The van der Waals surface area contributed by atoms with Crippen molar-refractivity contribution in [2.24, 2.45) is 5.92 Å². The molecule has 0 spiro atoms. The number of carbonyl (C=O) groups excluding carboxylic acids is 1. The maximum absolute atomic E-state index is 12.1. The summed E-state index contributed by atoms with van der Waals surface area (Å²) in [6.07, 6.45) is 0.754. The monoisotopic (exact) mass is 250 g/mol. The summed E-state index contributed by atoms with van der Waals surface area (Å²) in [5, 5.41) is 12.1. The van der Waals surface area contributed by atoms with E-state index in [0.29, 0.717) is 17.2 Å². The van der Waals surface area contributed by atoms with Crippen LogP contribution in [0.25, 0.3) is 0 Å². The molecule has 0 fully saturated rings. The molecule has 1 aromatic carbocycles. The van der Waals surface area contributed by atoms with Crippen LogP contribution < -0.4 is 11.1 Å². The van der Waals surface area contributed by atoms with Crippen LogP contribution in [0.1, 0.15) is 36.2 Å². The summed E-state index contributed by atoms with van der Waals surface area (Å²) < 4.78 is 0. The standard InChI is InChI=1S/C14H22N2O2/c1-9(2)6-12(8-17)16-14(18)13-7-11(15)5-4-10(13)3/h4-5,7,9,12,17H,6,8,15H2,1-3H3,(H,16,18). The van der Waals surface area contributed by atoms with Crippen molar-refractivity contribution in [3.8, 4) is 0 Å². The van der Waals surface area contributed by atoms with E-state index >= 15 is 0 Å². The van der Waals surface area contributed by atoms with Crippen molar-refractivity contribution in [1.29, 1.82) is 0 Å². The van der Waals surface area contributed by atoms with Crippen molar-refractivity contribution in [2.45, 2.75) is 33.2 Å². The minimum Gasteiger partial charge on any atom is -0.399 e. The highest BCUT2D eigenvalue weighted by molar-refractivity contribution is 5.96. The lowest BCUT2D eigenvalue weighted by Crippen LogP contribution is -2.38. The van der Waals surface area contributed by atoms with Gasteiger partial charge in [-0.05, 0) is 37.0 Å². The Kier molecular flexibility index (Phi) is 5.16. The first-order valence-electron chi connectivity index (χ1n) is 6.22. The largest absolute Gasteiger partial charge is 0.399 e. The summed E-state index contributed by atoms with van der Waals surface area (Å²) in [5.74, 6) is 0.240. The van der Waals surface area contributed by atoms with E-state index in [9.17, 15) is 9.90 Å². The second-order valence-electron chi connectivity index (χ2n) is 5.06. The molecule has 4 nitrogen and oxygen atoms in total. The zero-order chi connectivity index (χ0) is 13.7. The molecule has 0 heterocycles. The Labute approximate surface area is 108 Å². The molecule has 0 radical (unpaired) electrons. The number of hydrogen-bond acceptors (Lipinski definition) is 3. The van der Waals surface area contributed by atoms with E-state index in [2.05, 4.69) is 19.2 Å². The first kappa shape index (κ1) is 14.5. The molecule has 1 amide bonds. The first-order valence-corrected chi connectivity index (χ1v) is 6.22. The highest BCUT2D eigenvalue weighted by atomic mass is 16.3. The van der Waals surface area contributed by atoms with E-state index in [1.165, 1.54) is 0 Å². The molecular weight excluding hydrogens is 228 g/mol. The minimum absolute atomic E-state index is 0.0503. The number of nitrogen functional groups attached to an aromatic ring is 1. The van der Waals surface area contributed by atoms with E-state index in [0.717, 1.165) is 12.0 Å². The number of hydrogen-bond donors (Lipinski definition) is 3. The van der Waals surface area contributed by atoms with Crippen LogP contribution in [0.15, 0.2) is 18.2 Å². The number of nitrogens with two attached hydrogens (primary N) is 1. The van der Waals surface area contributed by atoms with Crippen molar-refractivity contribution in [3.63, 3.8) is 0 Å². The number of rotatable bonds is 5. The van der Waals surface area contributed by atoms with Crippen molar-refractivity contribution >= 4 is 11.6 Å². The predicted octanol–water partition coefficient (Wildman–Crippen LogP) is 1.71. The summed E-state index contributed by atoms with van der Waals surface area (Å²) in [4.78, 5) is 12.1. The van der Waals surface area contributed by atoms with Gasteiger partial charge in [0.25, 0.3) is 5.91 Å². The average molecular weight is 250 g/mol. The minimum atomic E-state index is -0.210. The molecule has 0 aliphatic heterocycles. The fraction of sp³-hybridized carbons (Fsp3) is 0.500. The summed E-state index contributed by atoms with van der Waals surface area (Å²) in [7, 11) is 0. The molecule has 4 N–H and O–H groups in total. The zero-order valence-corrected chi connectivity index (χ0v) is 11.2. The number of benzene rings is 1. The Morgan fingerprint density at radius 3 is 2.67 bits per heavy atom. The van der Waals surface area contributed by atoms with Gasteiger partial charge in [-0.1, -0.05) is 19.9 Å². The molecular formula is C14H22N2O2. The Bertz CT molecular complexity index is 416. The second-order valence-corrected chi connectivity index (χ2v) is 5.06. The van der Waals surface area contributed by atoms with Gasteiger partial charge in [-0.3, -0.25) is 4.79 Å². The molecule has 0 bridgehead atoms. The Balaban J connectivity index is 2.77. The third-order valence-electron chi connectivity index (χ3n) is 2.82. The Morgan fingerprint density at radius 2 is 2.11 bits per heavy atom. The van der Waals surface area contributed by atoms with Gasteiger partial charge in [0.05, 0.1) is 12.6 Å². The number of amides is 1. The molecule has 1 atom stereocenters. The summed E-state index contributed by atoms with van der Waals surface area (Å²) in [5.41, 5.74) is 7.69. The number of aliphatic hydroxyl groups is 1. The van der Waals surface area contributed by atoms with Gasteiger partial charge in [-0.25, -0.2) is 0 Å². The van der Waals surface area contributed by atoms with Crippen LogP contribution in [0.3, 0.4) is 0 Å². The van der Waals surface area contributed by atoms with Crippen LogP contribution in [0.2, 0.25) is 0 Å². The van der Waals surface area contributed by atoms with E-state index in [1.807, 2.05) is 13.0 Å². The fourth-order valence-electron chi connectivity index (χ4n) is 1.90. The Morgan fingerprint density at radius 1 is 1.44 bits per heavy atom. The lowest BCUT2D eigenvalue weighted by Gasteiger charge is -2.19. The van der Waals surface area contributed by atoms with E-state index < -0.39 is 0 Å². The van der Waals surface area contributed by atoms with Crippen molar-refractivity contribution in [2.75, 3.05) is 12.3 Å². The van der Waals surface area contributed by atoms with Gasteiger partial charge in [0.2, 0.25) is 0 Å². The molecule has 0 aliphatic rings. The summed E-state index contributed by atoms with van der Waals surface area (Å²) in [6.45, 7) is 5.93. The van der Waals surface area contributed by atoms with Crippen molar-refractivity contribution in [3.05, 3.63) is 29.3 Å². The molecule has 1 rings (SSSR count). The molecule has 100 valence electrons. The maximum Gasteiger partial charge on any atom is 0.251 e. The quantitative estimate of drug-likeness (QED) is 0.696. The SMILES string of the molecule is Cc1ccc(N)cc1C(=O)NC(CO)CC(C)C. The van der Waals surface area contributed by atoms with E-state index in [-0.39, 0.29) is 18.6 Å². The van der Waals surface area contributed by atoms with Crippen molar-refractivity contribution in [1.82, 2.24) is 5.32 Å². The van der Waals surface area contributed by atoms with Gasteiger partial charge in [-0.2, -0.15) is 0 Å². The molecule has 0 saturated heterocycles. The van der Waals surface area contributed by atoms with Crippen molar-refractivity contribution < 1.29 is 9.90 Å². The van der Waals surface area contributed by atoms with Crippen LogP contribution in [0, 0.1) is 12.8 Å². The highest BCUT2D eigenvalue weighted by Crippen LogP contribution is 2.13. The second kappa shape index (κ2) is 6.40. The van der Waals surface area contributed by atoms with Gasteiger partial charge < -0.3 is 16.2 Å². The molecule has 0 aliphatic carbocycles. The Hall–Kier alpha value is -1.55. The molecule has 18 heavy (non-hydrogen) atoms. The lowest BCUT2D eigenvalue weighted by atomic mass is 10.0. The highest BCUT2D eigenvalue weighted by Gasteiger charge is 2.15. The molecule has 1 unspecified atom stereocenters. The normalized spacial score (nSPS) is 12.5. The van der Waals surface area contributed by atoms with Crippen LogP contribution in [-0.2, 0) is 0 Å². The van der Waals surface area contributed by atoms with Gasteiger partial charge >= 0.3 is 0 Å². The zero-order valence-electron chi connectivity index (χ0n) is 11.2.